The van der Waals surface area contributed by atoms with E-state index in [2.05, 4.69) is 10.1 Å². The summed E-state index contributed by atoms with van der Waals surface area (Å²) < 4.78 is 19.9. The lowest BCUT2D eigenvalue weighted by Crippen LogP contribution is -2.10. The van der Waals surface area contributed by atoms with Gasteiger partial charge < -0.3 is 4.74 Å². The number of carbonyl (C=O) groups excluding carboxylic acids is 1. The number of hydrogen-bond donors (Lipinski definition) is 0. The predicted octanol–water partition coefficient (Wildman–Crippen LogP) is 3.37. The van der Waals surface area contributed by atoms with Crippen LogP contribution in [0.3, 0.4) is 0 Å². The molecule has 5 nitrogen and oxygen atoms in total. The Bertz CT molecular complexity index is 863. The molecule has 0 radical (unpaired) electrons. The smallest absolute Gasteiger partial charge is 0.341 e. The number of fused-ring (bicyclic) bond motifs is 1. The van der Waals surface area contributed by atoms with E-state index in [0.29, 0.717) is 21.9 Å². The van der Waals surface area contributed by atoms with Crippen LogP contribution in [0.15, 0.2) is 36.7 Å². The third kappa shape index (κ3) is 2.53. The molecule has 2 aromatic heterocycles. The van der Waals surface area contributed by atoms with Gasteiger partial charge >= 0.3 is 5.97 Å². The van der Waals surface area contributed by atoms with Crippen molar-refractivity contribution in [3.05, 3.63) is 53.1 Å². The van der Waals surface area contributed by atoms with E-state index in [1.165, 1.54) is 29.0 Å². The number of benzene rings is 1. The highest BCUT2D eigenvalue weighted by molar-refractivity contribution is 6.33. The normalized spacial score (nSPS) is 10.9. The predicted molar refractivity (Wildman–Crippen MR) is 79.3 cm³/mol. The summed E-state index contributed by atoms with van der Waals surface area (Å²) in [6, 6.07) is 5.82. The Balaban J connectivity index is 2.26. The number of carbonyl (C=O) groups is 1. The van der Waals surface area contributed by atoms with Crippen LogP contribution in [0.1, 0.15) is 17.3 Å². The summed E-state index contributed by atoms with van der Waals surface area (Å²) in [6.07, 6.45) is 2.90. The van der Waals surface area contributed by atoms with Crippen LogP contribution in [-0.2, 0) is 4.74 Å². The summed E-state index contributed by atoms with van der Waals surface area (Å²) in [5.41, 5.74) is 1.34. The van der Waals surface area contributed by atoms with Crippen molar-refractivity contribution in [2.75, 3.05) is 6.61 Å². The van der Waals surface area contributed by atoms with Crippen molar-refractivity contribution in [2.45, 2.75) is 6.92 Å². The molecule has 3 aromatic rings. The van der Waals surface area contributed by atoms with E-state index >= 15 is 0 Å². The first-order chi connectivity index (χ1) is 10.6. The number of halogens is 2. The molecule has 22 heavy (non-hydrogen) atoms. The second kappa shape index (κ2) is 5.73. The Labute approximate surface area is 130 Å². The Morgan fingerprint density at radius 2 is 2.27 bits per heavy atom. The van der Waals surface area contributed by atoms with E-state index in [-0.39, 0.29) is 12.2 Å². The lowest BCUT2D eigenvalue weighted by Gasteiger charge is -2.09. The van der Waals surface area contributed by atoms with Gasteiger partial charge in [-0.15, -0.1) is 0 Å². The van der Waals surface area contributed by atoms with Gasteiger partial charge in [-0.05, 0) is 19.1 Å². The first-order valence-corrected chi connectivity index (χ1v) is 6.95. The molecule has 0 atom stereocenters. The second-order valence-corrected chi connectivity index (χ2v) is 4.90. The van der Waals surface area contributed by atoms with Crippen molar-refractivity contribution in [3.63, 3.8) is 0 Å². The van der Waals surface area contributed by atoms with Crippen LogP contribution in [0.5, 0.6) is 0 Å². The third-order valence-corrected chi connectivity index (χ3v) is 3.31. The molecule has 0 amide bonds. The minimum absolute atomic E-state index is 0.194. The molecule has 0 spiro atoms. The Hall–Kier alpha value is -2.47. The number of hydrogen-bond acceptors (Lipinski definition) is 4. The van der Waals surface area contributed by atoms with Crippen LogP contribution in [0.25, 0.3) is 16.9 Å². The number of ether oxygens (including phenoxy) is 1. The standard InChI is InChI=1S/C15H11ClFN3O2/c1-2-22-15(21)11-8-20-14(12(16)7-18-20)19-13(11)9-4-3-5-10(17)6-9/h3-8H,2H2,1H3. The Morgan fingerprint density at radius 3 is 3.00 bits per heavy atom. The van der Waals surface area contributed by atoms with Crippen molar-refractivity contribution < 1.29 is 13.9 Å². The number of aromatic nitrogens is 3. The van der Waals surface area contributed by atoms with E-state index in [1.807, 2.05) is 0 Å². The largest absolute Gasteiger partial charge is 0.462 e. The fourth-order valence-corrected chi connectivity index (χ4v) is 2.27. The molecule has 0 bridgehead atoms. The van der Waals surface area contributed by atoms with Gasteiger partial charge in [0.05, 0.1) is 18.5 Å². The van der Waals surface area contributed by atoms with Crippen LogP contribution in [0.2, 0.25) is 5.02 Å². The lowest BCUT2D eigenvalue weighted by molar-refractivity contribution is 0.0526. The van der Waals surface area contributed by atoms with Gasteiger partial charge in [-0.1, -0.05) is 23.7 Å². The summed E-state index contributed by atoms with van der Waals surface area (Å²) in [5, 5.41) is 4.35. The van der Waals surface area contributed by atoms with Crippen LogP contribution in [-0.4, -0.2) is 27.2 Å². The van der Waals surface area contributed by atoms with Crippen molar-refractivity contribution in [1.82, 2.24) is 14.6 Å². The molecular weight excluding hydrogens is 309 g/mol. The zero-order valence-electron chi connectivity index (χ0n) is 11.6. The quantitative estimate of drug-likeness (QED) is 0.695. The maximum absolute atomic E-state index is 13.5. The zero-order chi connectivity index (χ0) is 15.7. The summed E-state index contributed by atoms with van der Waals surface area (Å²) in [5.74, 6) is -0.976. The molecule has 2 heterocycles. The van der Waals surface area contributed by atoms with Crippen LogP contribution in [0, 0.1) is 5.82 Å². The highest BCUT2D eigenvalue weighted by Gasteiger charge is 2.19. The maximum Gasteiger partial charge on any atom is 0.341 e. The van der Waals surface area contributed by atoms with E-state index in [4.69, 9.17) is 16.3 Å². The monoisotopic (exact) mass is 319 g/mol. The first-order valence-electron chi connectivity index (χ1n) is 6.57. The number of rotatable bonds is 3. The van der Waals surface area contributed by atoms with Crippen molar-refractivity contribution in [3.8, 4) is 11.3 Å². The van der Waals surface area contributed by atoms with Crippen molar-refractivity contribution in [2.24, 2.45) is 0 Å². The lowest BCUT2D eigenvalue weighted by atomic mass is 10.1. The summed E-state index contributed by atoms with van der Waals surface area (Å²) in [6.45, 7) is 1.93. The zero-order valence-corrected chi connectivity index (χ0v) is 12.3. The molecule has 0 N–H and O–H groups in total. The van der Waals surface area contributed by atoms with E-state index in [0.717, 1.165) is 0 Å². The summed E-state index contributed by atoms with van der Waals surface area (Å²) in [4.78, 5) is 16.5. The molecule has 1 aromatic carbocycles. The van der Waals surface area contributed by atoms with E-state index < -0.39 is 11.8 Å². The minimum Gasteiger partial charge on any atom is -0.462 e. The van der Waals surface area contributed by atoms with Gasteiger partial charge in [-0.2, -0.15) is 5.10 Å². The molecule has 0 saturated carbocycles. The molecule has 112 valence electrons. The molecule has 0 fully saturated rings. The van der Waals surface area contributed by atoms with Crippen LogP contribution in [0.4, 0.5) is 4.39 Å². The highest BCUT2D eigenvalue weighted by atomic mass is 35.5. The van der Waals surface area contributed by atoms with Gasteiger partial charge in [-0.25, -0.2) is 18.7 Å². The third-order valence-electron chi connectivity index (χ3n) is 3.04. The van der Waals surface area contributed by atoms with E-state index in [1.54, 1.807) is 19.1 Å². The molecule has 0 aliphatic carbocycles. The molecule has 0 unspecified atom stereocenters. The maximum atomic E-state index is 13.5. The first kappa shape index (κ1) is 14.5. The Morgan fingerprint density at radius 1 is 1.45 bits per heavy atom. The van der Waals surface area contributed by atoms with Crippen molar-refractivity contribution in [1.29, 1.82) is 0 Å². The average molecular weight is 320 g/mol. The number of nitrogens with zero attached hydrogens (tertiary/aromatic N) is 3. The average Bonchev–Trinajstić information content (AvgIpc) is 2.87. The van der Waals surface area contributed by atoms with Gasteiger partial charge in [0.15, 0.2) is 5.65 Å². The molecule has 7 heteroatoms. The van der Waals surface area contributed by atoms with Gasteiger partial charge in [0.25, 0.3) is 0 Å². The molecule has 0 aliphatic rings. The molecule has 3 rings (SSSR count). The fraction of sp³-hybridized carbons (Fsp3) is 0.133. The van der Waals surface area contributed by atoms with Gasteiger partial charge in [-0.3, -0.25) is 0 Å². The summed E-state index contributed by atoms with van der Waals surface area (Å²) in [7, 11) is 0. The molecular formula is C15H11ClFN3O2. The van der Waals surface area contributed by atoms with Gasteiger partial charge in [0.1, 0.15) is 16.4 Å². The van der Waals surface area contributed by atoms with Crippen LogP contribution >= 0.6 is 11.6 Å². The highest BCUT2D eigenvalue weighted by Crippen LogP contribution is 2.26. The SMILES string of the molecule is CCOC(=O)c1cn2ncc(Cl)c2nc1-c1cccc(F)c1. The molecule has 0 aliphatic heterocycles. The Kier molecular flexibility index (Phi) is 3.77. The number of esters is 1. The molecule has 0 saturated heterocycles. The minimum atomic E-state index is -0.553. The van der Waals surface area contributed by atoms with Crippen molar-refractivity contribution >= 4 is 23.2 Å². The summed E-state index contributed by atoms with van der Waals surface area (Å²) >= 11 is 6.02. The van der Waals surface area contributed by atoms with Gasteiger partial charge in [0.2, 0.25) is 0 Å². The van der Waals surface area contributed by atoms with E-state index in [9.17, 15) is 9.18 Å². The second-order valence-electron chi connectivity index (χ2n) is 4.49. The van der Waals surface area contributed by atoms with Crippen LogP contribution < -0.4 is 0 Å². The fourth-order valence-electron chi connectivity index (χ4n) is 2.10. The topological polar surface area (TPSA) is 56.5 Å². The van der Waals surface area contributed by atoms with Gasteiger partial charge in [0, 0.05) is 11.8 Å².